The maximum Gasteiger partial charge on any atom is 0.306 e. The molecule has 0 unspecified atom stereocenters. The van der Waals surface area contributed by atoms with Crippen LogP contribution in [0.3, 0.4) is 0 Å². The SMILES string of the molecule is CCOC(=O)C[C@H]1c2ccccc2S[C@H](c2cc(OC)c(OC)c(OC)c2)[C@H]1[N+](=O)[O-]. The van der Waals surface area contributed by atoms with Gasteiger partial charge in [-0.1, -0.05) is 18.2 Å². The molecule has 0 radical (unpaired) electrons. The van der Waals surface area contributed by atoms with Crippen molar-refractivity contribution in [2.24, 2.45) is 0 Å². The van der Waals surface area contributed by atoms with E-state index in [1.165, 1.54) is 33.1 Å². The highest BCUT2D eigenvalue weighted by molar-refractivity contribution is 7.99. The number of nitro groups is 1. The van der Waals surface area contributed by atoms with Crippen molar-refractivity contribution in [3.05, 3.63) is 57.6 Å². The number of benzene rings is 2. The van der Waals surface area contributed by atoms with Gasteiger partial charge < -0.3 is 18.9 Å². The number of carbonyl (C=O) groups is 1. The Morgan fingerprint density at radius 3 is 2.29 bits per heavy atom. The molecule has 0 bridgehead atoms. The van der Waals surface area contributed by atoms with Crippen molar-refractivity contribution in [1.82, 2.24) is 0 Å². The van der Waals surface area contributed by atoms with Gasteiger partial charge in [-0.3, -0.25) is 14.9 Å². The van der Waals surface area contributed by atoms with Gasteiger partial charge >= 0.3 is 5.97 Å². The molecule has 2 aromatic carbocycles. The van der Waals surface area contributed by atoms with E-state index < -0.39 is 23.2 Å². The largest absolute Gasteiger partial charge is 0.493 e. The van der Waals surface area contributed by atoms with Crippen molar-refractivity contribution in [1.29, 1.82) is 0 Å². The minimum atomic E-state index is -1.05. The van der Waals surface area contributed by atoms with E-state index in [0.717, 1.165) is 10.5 Å². The van der Waals surface area contributed by atoms with E-state index in [4.69, 9.17) is 18.9 Å². The molecule has 9 heteroatoms. The molecule has 0 aromatic heterocycles. The predicted molar refractivity (Wildman–Crippen MR) is 116 cm³/mol. The van der Waals surface area contributed by atoms with Gasteiger partial charge in [0.15, 0.2) is 11.5 Å². The monoisotopic (exact) mass is 447 g/mol. The van der Waals surface area contributed by atoms with Crippen LogP contribution in [0.15, 0.2) is 41.3 Å². The summed E-state index contributed by atoms with van der Waals surface area (Å²) in [6, 6.07) is 9.87. The highest BCUT2D eigenvalue weighted by Crippen LogP contribution is 2.53. The molecule has 0 saturated heterocycles. The Morgan fingerprint density at radius 1 is 1.10 bits per heavy atom. The van der Waals surface area contributed by atoms with Crippen LogP contribution < -0.4 is 14.2 Å². The molecule has 166 valence electrons. The number of esters is 1. The average molecular weight is 448 g/mol. The van der Waals surface area contributed by atoms with Gasteiger partial charge in [0, 0.05) is 9.82 Å². The molecule has 1 aliphatic heterocycles. The predicted octanol–water partition coefficient (Wildman–Crippen LogP) is 4.24. The highest BCUT2D eigenvalue weighted by Gasteiger charge is 2.47. The minimum absolute atomic E-state index is 0.0714. The number of hydrogen-bond acceptors (Lipinski definition) is 8. The number of thioether (sulfide) groups is 1. The second-order valence-corrected chi connectivity index (χ2v) is 8.11. The molecular formula is C22H25NO7S. The van der Waals surface area contributed by atoms with Gasteiger partial charge in [-0.25, -0.2) is 0 Å². The minimum Gasteiger partial charge on any atom is -0.493 e. The summed E-state index contributed by atoms with van der Waals surface area (Å²) in [7, 11) is 4.50. The van der Waals surface area contributed by atoms with Crippen molar-refractivity contribution in [2.45, 2.75) is 35.4 Å². The lowest BCUT2D eigenvalue weighted by atomic mass is 9.84. The van der Waals surface area contributed by atoms with E-state index in [2.05, 4.69) is 0 Å². The van der Waals surface area contributed by atoms with Crippen molar-refractivity contribution in [2.75, 3.05) is 27.9 Å². The number of methoxy groups -OCH3 is 3. The number of hydrogen-bond donors (Lipinski definition) is 0. The van der Waals surface area contributed by atoms with E-state index in [-0.39, 0.29) is 18.0 Å². The zero-order chi connectivity index (χ0) is 22.5. The summed E-state index contributed by atoms with van der Waals surface area (Å²) in [6.07, 6.45) is -0.0714. The van der Waals surface area contributed by atoms with Gasteiger partial charge in [0.2, 0.25) is 11.8 Å². The summed E-state index contributed by atoms with van der Waals surface area (Å²) in [5, 5.41) is 11.7. The first-order chi connectivity index (χ1) is 14.9. The second kappa shape index (κ2) is 9.91. The van der Waals surface area contributed by atoms with E-state index >= 15 is 0 Å². The normalized spacial score (nSPS) is 19.8. The van der Waals surface area contributed by atoms with Crippen molar-refractivity contribution >= 4 is 17.7 Å². The Hall–Kier alpha value is -2.94. The summed E-state index contributed by atoms with van der Waals surface area (Å²) in [6.45, 7) is 1.94. The summed E-state index contributed by atoms with van der Waals surface area (Å²) in [5.74, 6) is 0.164. The average Bonchev–Trinajstić information content (AvgIpc) is 2.77. The smallest absolute Gasteiger partial charge is 0.306 e. The molecule has 1 aliphatic rings. The van der Waals surface area contributed by atoms with Crippen LogP contribution in [0.25, 0.3) is 0 Å². The second-order valence-electron chi connectivity index (χ2n) is 6.93. The van der Waals surface area contributed by atoms with Gasteiger partial charge in [0.25, 0.3) is 0 Å². The fourth-order valence-corrected chi connectivity index (χ4v) is 5.40. The maximum absolute atomic E-state index is 12.3. The van der Waals surface area contributed by atoms with E-state index in [1.54, 1.807) is 19.1 Å². The maximum atomic E-state index is 12.3. The van der Waals surface area contributed by atoms with E-state index in [9.17, 15) is 14.9 Å². The first-order valence-electron chi connectivity index (χ1n) is 9.79. The van der Waals surface area contributed by atoms with Crippen LogP contribution in [0.2, 0.25) is 0 Å². The summed E-state index contributed by atoms with van der Waals surface area (Å²) < 4.78 is 21.4. The molecule has 0 amide bonds. The van der Waals surface area contributed by atoms with Gasteiger partial charge in [-0.05, 0) is 36.2 Å². The van der Waals surface area contributed by atoms with Gasteiger partial charge in [0.1, 0.15) is 5.25 Å². The Bertz CT molecular complexity index is 940. The zero-order valence-corrected chi connectivity index (χ0v) is 18.6. The Labute approximate surface area is 185 Å². The van der Waals surface area contributed by atoms with Crippen molar-refractivity contribution < 1.29 is 28.7 Å². The molecule has 0 aliphatic carbocycles. The fraction of sp³-hybridized carbons (Fsp3) is 0.409. The molecule has 3 rings (SSSR count). The number of fused-ring (bicyclic) bond motifs is 1. The van der Waals surface area contributed by atoms with Crippen LogP contribution in [0.1, 0.15) is 35.6 Å². The first-order valence-corrected chi connectivity index (χ1v) is 10.7. The molecule has 8 nitrogen and oxygen atoms in total. The Kier molecular flexibility index (Phi) is 7.27. The zero-order valence-electron chi connectivity index (χ0n) is 17.8. The number of rotatable bonds is 8. The number of carbonyl (C=O) groups excluding carboxylic acids is 1. The van der Waals surface area contributed by atoms with Gasteiger partial charge in [0.05, 0.1) is 40.3 Å². The van der Waals surface area contributed by atoms with Crippen LogP contribution >= 0.6 is 11.8 Å². The summed E-state index contributed by atoms with van der Waals surface area (Å²) in [5.41, 5.74) is 1.44. The molecule has 0 saturated carbocycles. The lowest BCUT2D eigenvalue weighted by molar-refractivity contribution is -0.527. The third-order valence-electron chi connectivity index (χ3n) is 5.25. The fourth-order valence-electron chi connectivity index (χ4n) is 3.91. The molecule has 0 N–H and O–H groups in total. The van der Waals surface area contributed by atoms with Crippen LogP contribution in [0.5, 0.6) is 17.2 Å². The molecule has 2 aromatic rings. The topological polar surface area (TPSA) is 97.1 Å². The molecule has 3 atom stereocenters. The third-order valence-corrected chi connectivity index (χ3v) is 6.68. The number of ether oxygens (including phenoxy) is 4. The molecule has 0 fully saturated rings. The van der Waals surface area contributed by atoms with Crippen LogP contribution in [0.4, 0.5) is 0 Å². The number of nitrogens with zero attached hydrogens (tertiary/aromatic N) is 1. The van der Waals surface area contributed by atoms with Gasteiger partial charge in [-0.15, -0.1) is 11.8 Å². The quantitative estimate of drug-likeness (QED) is 0.337. The summed E-state index contributed by atoms with van der Waals surface area (Å²) in [4.78, 5) is 25.2. The van der Waals surface area contributed by atoms with Crippen molar-refractivity contribution in [3.8, 4) is 17.2 Å². The standard InChI is InChI=1S/C22H25NO7S/c1-5-30-19(24)12-15-14-8-6-7-9-18(14)31-22(20(15)23(25)26)13-10-16(27-2)21(29-4)17(11-13)28-3/h6-11,15,20,22H,5,12H2,1-4H3/t15-,20-,22+/m0/s1. The highest BCUT2D eigenvalue weighted by atomic mass is 32.2. The molecule has 1 heterocycles. The van der Waals surface area contributed by atoms with Crippen LogP contribution in [0, 0.1) is 10.1 Å². The Balaban J connectivity index is 2.14. The van der Waals surface area contributed by atoms with Crippen LogP contribution in [-0.4, -0.2) is 44.9 Å². The van der Waals surface area contributed by atoms with E-state index in [0.29, 0.717) is 22.8 Å². The van der Waals surface area contributed by atoms with Crippen LogP contribution in [-0.2, 0) is 9.53 Å². The van der Waals surface area contributed by atoms with Crippen molar-refractivity contribution in [3.63, 3.8) is 0 Å². The first kappa shape index (κ1) is 22.7. The van der Waals surface area contributed by atoms with E-state index in [1.807, 2.05) is 24.3 Å². The summed E-state index contributed by atoms with van der Waals surface area (Å²) >= 11 is 1.40. The lowest BCUT2D eigenvalue weighted by Crippen LogP contribution is -2.37. The molecule has 31 heavy (non-hydrogen) atoms. The lowest BCUT2D eigenvalue weighted by Gasteiger charge is -2.34. The third kappa shape index (κ3) is 4.56. The molecule has 0 spiro atoms. The Morgan fingerprint density at radius 2 is 1.74 bits per heavy atom. The molecular weight excluding hydrogens is 422 g/mol. The van der Waals surface area contributed by atoms with Gasteiger partial charge in [-0.2, -0.15) is 0 Å².